The molecule has 0 saturated carbocycles. The Hall–Kier alpha value is -3.05. The number of anilines is 1. The highest BCUT2D eigenvalue weighted by Crippen LogP contribution is 2.25. The van der Waals surface area contributed by atoms with Gasteiger partial charge in [-0.25, -0.2) is 4.39 Å². The van der Waals surface area contributed by atoms with Crippen LogP contribution in [-0.4, -0.2) is 15.9 Å². The summed E-state index contributed by atoms with van der Waals surface area (Å²) in [5, 5.41) is 5.33. The van der Waals surface area contributed by atoms with Gasteiger partial charge in [0.15, 0.2) is 0 Å². The summed E-state index contributed by atoms with van der Waals surface area (Å²) in [6, 6.07) is 11.4. The van der Waals surface area contributed by atoms with Crippen LogP contribution in [-0.2, 0) is 0 Å². The third-order valence-corrected chi connectivity index (χ3v) is 4.25. The predicted octanol–water partition coefficient (Wildman–Crippen LogP) is 4.83. The average molecular weight is 352 g/mol. The summed E-state index contributed by atoms with van der Waals surface area (Å²) in [4.78, 5) is 20.6. The van der Waals surface area contributed by atoms with Crippen LogP contribution in [0.4, 0.5) is 10.1 Å². The fourth-order valence-corrected chi connectivity index (χ4v) is 2.88. The van der Waals surface area contributed by atoms with E-state index in [-0.39, 0.29) is 5.56 Å². The number of amides is 1. The zero-order valence-corrected chi connectivity index (χ0v) is 13.6. The minimum Gasteiger partial charge on any atom is -0.322 e. The number of carbonyl (C=O) groups is 1. The lowest BCUT2D eigenvalue weighted by Gasteiger charge is -2.09. The number of rotatable bonds is 2. The number of pyridine rings is 2. The van der Waals surface area contributed by atoms with E-state index in [1.54, 1.807) is 48.9 Å². The number of benzene rings is 2. The van der Waals surface area contributed by atoms with E-state index < -0.39 is 11.7 Å². The molecule has 0 aliphatic rings. The molecule has 0 radical (unpaired) electrons. The highest BCUT2D eigenvalue weighted by molar-refractivity contribution is 6.35. The maximum atomic E-state index is 14.3. The smallest absolute Gasteiger partial charge is 0.258 e. The van der Waals surface area contributed by atoms with Crippen LogP contribution in [0, 0.1) is 5.82 Å². The topological polar surface area (TPSA) is 54.9 Å². The van der Waals surface area contributed by atoms with Crippen molar-refractivity contribution < 1.29 is 9.18 Å². The summed E-state index contributed by atoms with van der Waals surface area (Å²) >= 11 is 6.15. The van der Waals surface area contributed by atoms with Gasteiger partial charge in [0, 0.05) is 35.1 Å². The second-order valence-corrected chi connectivity index (χ2v) is 5.94. The summed E-state index contributed by atoms with van der Waals surface area (Å²) < 4.78 is 14.3. The second kappa shape index (κ2) is 6.11. The van der Waals surface area contributed by atoms with Crippen LogP contribution in [0.5, 0.6) is 0 Å². The normalized spacial score (nSPS) is 11.0. The molecule has 0 bridgehead atoms. The second-order valence-electron chi connectivity index (χ2n) is 5.53. The van der Waals surface area contributed by atoms with Gasteiger partial charge in [0.2, 0.25) is 0 Å². The molecular weight excluding hydrogens is 341 g/mol. The lowest BCUT2D eigenvalue weighted by Crippen LogP contribution is -2.13. The number of nitrogens with zero attached hydrogens (tertiary/aromatic N) is 2. The first-order valence-corrected chi connectivity index (χ1v) is 7.88. The van der Waals surface area contributed by atoms with Crippen LogP contribution < -0.4 is 5.32 Å². The van der Waals surface area contributed by atoms with Gasteiger partial charge in [-0.15, -0.1) is 0 Å². The van der Waals surface area contributed by atoms with Crippen LogP contribution >= 0.6 is 11.6 Å². The molecule has 0 aliphatic heterocycles. The molecule has 4 rings (SSSR count). The van der Waals surface area contributed by atoms with E-state index in [1.165, 1.54) is 12.1 Å². The fraction of sp³-hybridized carbons (Fsp3) is 0. The van der Waals surface area contributed by atoms with E-state index >= 15 is 0 Å². The lowest BCUT2D eigenvalue weighted by atomic mass is 10.1. The van der Waals surface area contributed by atoms with Crippen molar-refractivity contribution in [2.75, 3.05) is 5.32 Å². The zero-order valence-electron chi connectivity index (χ0n) is 12.8. The molecule has 4 aromatic rings. The Kier molecular flexibility index (Phi) is 3.78. The first-order valence-electron chi connectivity index (χ1n) is 7.51. The van der Waals surface area contributed by atoms with Gasteiger partial charge in [0.25, 0.3) is 5.91 Å². The molecule has 2 heterocycles. The third-order valence-electron chi connectivity index (χ3n) is 3.92. The van der Waals surface area contributed by atoms with Crippen molar-refractivity contribution in [2.45, 2.75) is 0 Å². The summed E-state index contributed by atoms with van der Waals surface area (Å²) in [7, 11) is 0. The molecule has 2 aromatic heterocycles. The average Bonchev–Trinajstić information content (AvgIpc) is 2.62. The molecule has 0 saturated heterocycles. The van der Waals surface area contributed by atoms with Crippen molar-refractivity contribution in [2.24, 2.45) is 0 Å². The van der Waals surface area contributed by atoms with Gasteiger partial charge in [-0.1, -0.05) is 11.6 Å². The van der Waals surface area contributed by atoms with Crippen molar-refractivity contribution in [1.82, 2.24) is 9.97 Å². The molecule has 1 amide bonds. The first kappa shape index (κ1) is 15.5. The Morgan fingerprint density at radius 1 is 1.04 bits per heavy atom. The standard InChI is InChI=1S/C19H11ClFN3O/c20-16-4-6-23-18-2-1-13(9-14(16)18)24-19(25)15-7-11-3-5-22-10-12(11)8-17(15)21/h1-10H,(H,24,25). The van der Waals surface area contributed by atoms with Gasteiger partial charge in [-0.05, 0) is 47.9 Å². The van der Waals surface area contributed by atoms with E-state index in [4.69, 9.17) is 11.6 Å². The Morgan fingerprint density at radius 3 is 2.80 bits per heavy atom. The number of nitrogens with one attached hydrogen (secondary N) is 1. The van der Waals surface area contributed by atoms with Gasteiger partial charge in [0.05, 0.1) is 16.1 Å². The van der Waals surface area contributed by atoms with Crippen LogP contribution in [0.1, 0.15) is 10.4 Å². The SMILES string of the molecule is O=C(Nc1ccc2nccc(Cl)c2c1)c1cc2ccncc2cc1F. The van der Waals surface area contributed by atoms with E-state index in [1.807, 2.05) is 0 Å². The molecule has 25 heavy (non-hydrogen) atoms. The first-order chi connectivity index (χ1) is 12.1. The number of hydrogen-bond donors (Lipinski definition) is 1. The Bertz CT molecular complexity index is 1130. The van der Waals surface area contributed by atoms with Gasteiger partial charge >= 0.3 is 0 Å². The predicted molar refractivity (Wildman–Crippen MR) is 96.4 cm³/mol. The number of halogens is 2. The fourth-order valence-electron chi connectivity index (χ4n) is 2.67. The van der Waals surface area contributed by atoms with Crippen molar-refractivity contribution in [3.05, 3.63) is 77.5 Å². The largest absolute Gasteiger partial charge is 0.322 e. The van der Waals surface area contributed by atoms with Crippen LogP contribution in [0.3, 0.4) is 0 Å². The highest BCUT2D eigenvalue weighted by Gasteiger charge is 2.14. The monoisotopic (exact) mass is 351 g/mol. The molecule has 122 valence electrons. The van der Waals surface area contributed by atoms with Gasteiger partial charge in [-0.2, -0.15) is 0 Å². The van der Waals surface area contributed by atoms with Gasteiger partial charge in [-0.3, -0.25) is 14.8 Å². The molecule has 0 atom stereocenters. The van der Waals surface area contributed by atoms with Crippen molar-refractivity contribution >= 4 is 44.9 Å². The summed E-state index contributed by atoms with van der Waals surface area (Å²) in [5.74, 6) is -1.13. The molecule has 0 fully saturated rings. The number of carbonyl (C=O) groups excluding carboxylic acids is 1. The molecule has 0 unspecified atom stereocenters. The molecular formula is C19H11ClFN3O. The highest BCUT2D eigenvalue weighted by atomic mass is 35.5. The summed E-state index contributed by atoms with van der Waals surface area (Å²) in [5.41, 5.74) is 1.20. The molecule has 1 N–H and O–H groups in total. The van der Waals surface area contributed by atoms with Crippen LogP contribution in [0.15, 0.2) is 61.1 Å². The summed E-state index contributed by atoms with van der Waals surface area (Å²) in [6.45, 7) is 0. The van der Waals surface area contributed by atoms with Crippen molar-refractivity contribution in [3.63, 3.8) is 0 Å². The minimum absolute atomic E-state index is 0.0314. The van der Waals surface area contributed by atoms with E-state index in [0.717, 1.165) is 10.9 Å². The van der Waals surface area contributed by atoms with Crippen molar-refractivity contribution in [3.8, 4) is 0 Å². The summed E-state index contributed by atoms with van der Waals surface area (Å²) in [6.07, 6.45) is 4.76. The molecule has 0 spiro atoms. The van der Waals surface area contributed by atoms with E-state index in [9.17, 15) is 9.18 Å². The third kappa shape index (κ3) is 2.90. The number of hydrogen-bond acceptors (Lipinski definition) is 3. The molecule has 2 aromatic carbocycles. The quantitative estimate of drug-likeness (QED) is 0.563. The number of fused-ring (bicyclic) bond motifs is 2. The molecule has 4 nitrogen and oxygen atoms in total. The molecule has 0 aliphatic carbocycles. The molecule has 6 heteroatoms. The van der Waals surface area contributed by atoms with Gasteiger partial charge in [0.1, 0.15) is 5.82 Å². The zero-order chi connectivity index (χ0) is 17.4. The van der Waals surface area contributed by atoms with Crippen molar-refractivity contribution in [1.29, 1.82) is 0 Å². The maximum Gasteiger partial charge on any atom is 0.258 e. The lowest BCUT2D eigenvalue weighted by molar-refractivity contribution is 0.102. The van der Waals surface area contributed by atoms with Gasteiger partial charge < -0.3 is 5.32 Å². The van der Waals surface area contributed by atoms with Crippen LogP contribution in [0.25, 0.3) is 21.7 Å². The number of aromatic nitrogens is 2. The maximum absolute atomic E-state index is 14.3. The van der Waals surface area contributed by atoms with Crippen LogP contribution in [0.2, 0.25) is 5.02 Å². The Balaban J connectivity index is 1.70. The Labute approximate surface area is 147 Å². The van der Waals surface area contributed by atoms with E-state index in [0.29, 0.717) is 21.5 Å². The Morgan fingerprint density at radius 2 is 1.92 bits per heavy atom. The van der Waals surface area contributed by atoms with E-state index in [2.05, 4.69) is 15.3 Å². The minimum atomic E-state index is -0.599.